The number of fused-ring (bicyclic) bond motifs is 1. The van der Waals surface area contributed by atoms with Crippen molar-refractivity contribution in [3.63, 3.8) is 0 Å². The van der Waals surface area contributed by atoms with Crippen LogP contribution in [0.1, 0.15) is 43.8 Å². The van der Waals surface area contributed by atoms with Gasteiger partial charge in [-0.2, -0.15) is 0 Å². The summed E-state index contributed by atoms with van der Waals surface area (Å²) in [5.41, 5.74) is 1.87. The van der Waals surface area contributed by atoms with Gasteiger partial charge in [0.25, 0.3) is 0 Å². The first-order valence-corrected chi connectivity index (χ1v) is 11.8. The minimum atomic E-state index is -0.768. The Morgan fingerprint density at radius 2 is 1.82 bits per heavy atom. The summed E-state index contributed by atoms with van der Waals surface area (Å²) in [6.45, 7) is 2.37. The van der Waals surface area contributed by atoms with E-state index in [1.54, 1.807) is 16.7 Å². The number of aliphatic hydroxyl groups is 1. The molecule has 7 heteroatoms. The second-order valence-corrected chi connectivity index (χ2v) is 9.14. The molecule has 0 radical (unpaired) electrons. The Hall–Kier alpha value is -2.93. The number of nitrogens with zero attached hydrogens (tertiary/aromatic N) is 3. The highest BCUT2D eigenvalue weighted by Crippen LogP contribution is 2.36. The molecule has 1 fully saturated rings. The molecule has 4 aromatic rings. The number of aliphatic hydroxyl groups excluding tert-OH is 1. The molecule has 0 aliphatic heterocycles. The molecule has 2 N–H and O–H groups in total. The van der Waals surface area contributed by atoms with Crippen LogP contribution in [-0.2, 0) is 6.54 Å². The smallest absolute Gasteiger partial charge is 0.346 e. The third-order valence-electron chi connectivity index (χ3n) is 6.23. The Balaban J connectivity index is 1.30. The van der Waals surface area contributed by atoms with Crippen LogP contribution < -0.4 is 11.0 Å². The predicted molar refractivity (Wildman–Crippen MR) is 131 cm³/mol. The molecular weight excluding hydrogens is 436 g/mol. The van der Waals surface area contributed by atoms with Crippen molar-refractivity contribution in [1.82, 2.24) is 19.7 Å². The molecule has 1 unspecified atom stereocenters. The molecule has 1 heterocycles. The van der Waals surface area contributed by atoms with Crippen molar-refractivity contribution < 1.29 is 5.11 Å². The van der Waals surface area contributed by atoms with Crippen LogP contribution in [-0.4, -0.2) is 25.7 Å². The molecule has 0 bridgehead atoms. The minimum Gasteiger partial charge on any atom is -0.379 e. The largest absolute Gasteiger partial charge is 0.379 e. The second kappa shape index (κ2) is 9.14. The van der Waals surface area contributed by atoms with E-state index in [1.165, 1.54) is 15.5 Å². The maximum atomic E-state index is 13.0. The van der Waals surface area contributed by atoms with Crippen LogP contribution in [0.5, 0.6) is 0 Å². The van der Waals surface area contributed by atoms with Crippen LogP contribution >= 0.6 is 11.6 Å². The molecule has 1 saturated carbocycles. The summed E-state index contributed by atoms with van der Waals surface area (Å²) in [7, 11) is 0. The van der Waals surface area contributed by atoms with E-state index in [0.717, 1.165) is 24.0 Å². The van der Waals surface area contributed by atoms with Gasteiger partial charge in [-0.25, -0.2) is 9.48 Å². The number of aryl methyl sites for hydroxylation is 1. The number of benzene rings is 3. The van der Waals surface area contributed by atoms with Crippen LogP contribution in [0.15, 0.2) is 71.5 Å². The fourth-order valence-corrected chi connectivity index (χ4v) is 4.48. The number of hydrogen-bond donors (Lipinski definition) is 2. The summed E-state index contributed by atoms with van der Waals surface area (Å²) in [6.07, 6.45) is 1.57. The zero-order valence-corrected chi connectivity index (χ0v) is 19.2. The van der Waals surface area contributed by atoms with Crippen LogP contribution in [0, 0.1) is 0 Å². The van der Waals surface area contributed by atoms with Gasteiger partial charge >= 0.3 is 5.69 Å². The number of hydrogen-bond acceptors (Lipinski definition) is 4. The van der Waals surface area contributed by atoms with Gasteiger partial charge in [0.15, 0.2) is 5.82 Å². The quantitative estimate of drug-likeness (QED) is 0.365. The molecule has 2 atom stereocenters. The van der Waals surface area contributed by atoms with E-state index in [0.29, 0.717) is 23.8 Å². The van der Waals surface area contributed by atoms with Crippen LogP contribution in [0.2, 0.25) is 5.02 Å². The van der Waals surface area contributed by atoms with Crippen molar-refractivity contribution in [3.05, 3.63) is 87.8 Å². The highest BCUT2D eigenvalue weighted by atomic mass is 35.5. The van der Waals surface area contributed by atoms with Gasteiger partial charge in [0.05, 0.1) is 6.54 Å². The minimum absolute atomic E-state index is 0.0449. The lowest BCUT2D eigenvalue weighted by molar-refractivity contribution is 0.109. The maximum absolute atomic E-state index is 13.0. The van der Waals surface area contributed by atoms with E-state index in [9.17, 15) is 9.90 Å². The lowest BCUT2D eigenvalue weighted by Gasteiger charge is -2.20. The highest BCUT2D eigenvalue weighted by molar-refractivity contribution is 6.30. The average molecular weight is 463 g/mol. The van der Waals surface area contributed by atoms with Crippen molar-refractivity contribution in [2.75, 3.05) is 0 Å². The van der Waals surface area contributed by atoms with E-state index in [1.807, 2.05) is 37.3 Å². The number of rotatable bonds is 8. The number of nitrogens with one attached hydrogen (secondary N) is 1. The van der Waals surface area contributed by atoms with Crippen LogP contribution in [0.25, 0.3) is 22.2 Å². The molecule has 170 valence electrons. The first-order chi connectivity index (χ1) is 16.0. The molecule has 33 heavy (non-hydrogen) atoms. The summed E-state index contributed by atoms with van der Waals surface area (Å²) in [5.74, 6) is 0.658. The lowest BCUT2D eigenvalue weighted by atomic mass is 9.99. The maximum Gasteiger partial charge on any atom is 0.346 e. The van der Waals surface area contributed by atoms with Crippen molar-refractivity contribution in [2.24, 2.45) is 0 Å². The van der Waals surface area contributed by atoms with Gasteiger partial charge in [-0.05, 0) is 60.4 Å². The van der Waals surface area contributed by atoms with E-state index in [4.69, 9.17) is 11.6 Å². The zero-order valence-electron chi connectivity index (χ0n) is 18.5. The second-order valence-electron chi connectivity index (χ2n) is 8.70. The molecule has 1 aromatic heterocycles. The Morgan fingerprint density at radius 1 is 1.09 bits per heavy atom. The van der Waals surface area contributed by atoms with Crippen molar-refractivity contribution in [2.45, 2.75) is 51.0 Å². The van der Waals surface area contributed by atoms with E-state index < -0.39 is 6.23 Å². The van der Waals surface area contributed by atoms with Crippen molar-refractivity contribution in [3.8, 4) is 11.4 Å². The van der Waals surface area contributed by atoms with Gasteiger partial charge in [-0.1, -0.05) is 54.1 Å². The summed E-state index contributed by atoms with van der Waals surface area (Å²) >= 11 is 6.02. The van der Waals surface area contributed by atoms with E-state index in [-0.39, 0.29) is 17.8 Å². The molecule has 0 saturated heterocycles. The van der Waals surface area contributed by atoms with Gasteiger partial charge in [-0.15, -0.1) is 5.10 Å². The SMILES string of the molecule is C[C@H](NC(O)CCn1nc(-c2ccc(Cl)cc2)n(C2CC2)c1=O)c1cccc2ccccc12. The summed E-state index contributed by atoms with van der Waals surface area (Å²) in [4.78, 5) is 13.0. The Labute approximate surface area is 197 Å². The van der Waals surface area contributed by atoms with Crippen LogP contribution in [0.3, 0.4) is 0 Å². The molecule has 6 nitrogen and oxygen atoms in total. The van der Waals surface area contributed by atoms with Crippen molar-refractivity contribution in [1.29, 1.82) is 0 Å². The highest BCUT2D eigenvalue weighted by Gasteiger charge is 2.30. The Kier molecular flexibility index (Phi) is 6.06. The molecule has 3 aromatic carbocycles. The lowest BCUT2D eigenvalue weighted by Crippen LogP contribution is -2.34. The first-order valence-electron chi connectivity index (χ1n) is 11.4. The molecule has 0 spiro atoms. The fraction of sp³-hybridized carbons (Fsp3) is 0.308. The third kappa shape index (κ3) is 4.60. The van der Waals surface area contributed by atoms with Gasteiger partial charge < -0.3 is 5.11 Å². The molecule has 5 rings (SSSR count). The Morgan fingerprint density at radius 3 is 2.58 bits per heavy atom. The average Bonchev–Trinajstić information content (AvgIpc) is 3.60. The molecular formula is C26H27ClN4O2. The van der Waals surface area contributed by atoms with Crippen LogP contribution in [0.4, 0.5) is 0 Å². The molecule has 1 aliphatic rings. The molecule has 1 aliphatic carbocycles. The van der Waals surface area contributed by atoms with Gasteiger partial charge in [0.1, 0.15) is 6.23 Å². The summed E-state index contributed by atoms with van der Waals surface area (Å²) in [5, 5.41) is 21.5. The number of halogens is 1. The predicted octanol–water partition coefficient (Wildman–Crippen LogP) is 4.91. The third-order valence-corrected chi connectivity index (χ3v) is 6.48. The van der Waals surface area contributed by atoms with Crippen molar-refractivity contribution >= 4 is 22.4 Å². The van der Waals surface area contributed by atoms with Gasteiger partial charge in [0.2, 0.25) is 0 Å². The van der Waals surface area contributed by atoms with Gasteiger partial charge in [0, 0.05) is 29.1 Å². The number of aromatic nitrogens is 3. The molecule has 0 amide bonds. The van der Waals surface area contributed by atoms with E-state index in [2.05, 4.69) is 34.7 Å². The standard InChI is InChI=1S/C26H27ClN4O2/c1-17(22-8-4-6-18-5-2-3-7-23(18)22)28-24(32)15-16-30-26(33)31(21-13-14-21)25(29-30)19-9-11-20(27)12-10-19/h2-12,17,21,24,28,32H,13-16H2,1H3/t17-,24?/m0/s1. The first kappa shape index (κ1) is 21.9. The fourth-order valence-electron chi connectivity index (χ4n) is 4.36. The summed E-state index contributed by atoms with van der Waals surface area (Å²) in [6, 6.07) is 22.0. The normalized spacial score (nSPS) is 15.6. The monoisotopic (exact) mass is 462 g/mol. The summed E-state index contributed by atoms with van der Waals surface area (Å²) < 4.78 is 3.25. The van der Waals surface area contributed by atoms with E-state index >= 15 is 0 Å². The topological polar surface area (TPSA) is 72.1 Å². The zero-order chi connectivity index (χ0) is 22.9. The van der Waals surface area contributed by atoms with Gasteiger partial charge in [-0.3, -0.25) is 9.88 Å². The Bertz CT molecular complexity index is 1320.